The van der Waals surface area contributed by atoms with Crippen molar-refractivity contribution in [2.75, 3.05) is 0 Å². The van der Waals surface area contributed by atoms with E-state index in [0.717, 1.165) is 53.9 Å². The van der Waals surface area contributed by atoms with Gasteiger partial charge in [0, 0.05) is 28.9 Å². The lowest BCUT2D eigenvalue weighted by molar-refractivity contribution is 0.449. The fourth-order valence-corrected chi connectivity index (χ4v) is 6.20. The lowest BCUT2D eigenvalue weighted by Crippen LogP contribution is -2.01. The van der Waals surface area contributed by atoms with Crippen molar-refractivity contribution >= 4 is 0 Å². The second kappa shape index (κ2) is 17.9. The van der Waals surface area contributed by atoms with Crippen LogP contribution in [0.1, 0.15) is 128 Å². The second-order valence-corrected chi connectivity index (χ2v) is 12.9. The number of imidazole rings is 2. The molecule has 232 valence electrons. The summed E-state index contributed by atoms with van der Waals surface area (Å²) in [4.78, 5) is 17.8. The van der Waals surface area contributed by atoms with E-state index in [1.807, 2.05) is 0 Å². The Hall–Kier alpha value is -3.14. The predicted molar refractivity (Wildman–Crippen MR) is 183 cm³/mol. The van der Waals surface area contributed by atoms with Gasteiger partial charge in [0.1, 0.15) is 11.6 Å². The summed E-state index contributed by atoms with van der Waals surface area (Å²) < 4.78 is 0. The lowest BCUT2D eigenvalue weighted by Gasteiger charge is -2.10. The zero-order valence-corrected chi connectivity index (χ0v) is 27.4. The molecule has 0 aliphatic rings. The Bertz CT molecular complexity index is 1200. The molecule has 43 heavy (non-hydrogen) atoms. The second-order valence-electron chi connectivity index (χ2n) is 12.9. The van der Waals surface area contributed by atoms with Crippen LogP contribution in [0.25, 0.3) is 22.8 Å². The maximum atomic E-state index is 5.17. The van der Waals surface area contributed by atoms with Crippen LogP contribution in [0.2, 0.25) is 0 Å². The summed E-state index contributed by atoms with van der Waals surface area (Å²) in [5.41, 5.74) is 7.19. The molecule has 0 aliphatic heterocycles. The summed E-state index contributed by atoms with van der Waals surface area (Å²) >= 11 is 0. The van der Waals surface area contributed by atoms with Gasteiger partial charge in [0.2, 0.25) is 0 Å². The summed E-state index contributed by atoms with van der Waals surface area (Å²) in [6, 6.07) is 21.1. The van der Waals surface area contributed by atoms with Gasteiger partial charge < -0.3 is 9.97 Å². The smallest absolute Gasteiger partial charge is 0.137 e. The van der Waals surface area contributed by atoms with E-state index in [1.54, 1.807) is 0 Å². The van der Waals surface area contributed by atoms with Gasteiger partial charge in [0.15, 0.2) is 0 Å². The predicted octanol–water partition coefficient (Wildman–Crippen LogP) is 11.1. The highest BCUT2D eigenvalue weighted by Crippen LogP contribution is 2.26. The van der Waals surface area contributed by atoms with Gasteiger partial charge in [-0.1, -0.05) is 153 Å². The van der Waals surface area contributed by atoms with Crippen molar-refractivity contribution in [1.29, 1.82) is 0 Å². The van der Waals surface area contributed by atoms with Crippen LogP contribution in [0.4, 0.5) is 0 Å². The molecule has 0 spiro atoms. The highest BCUT2D eigenvalue weighted by Gasteiger charge is 2.18. The van der Waals surface area contributed by atoms with Crippen LogP contribution in [0, 0.1) is 11.8 Å². The molecule has 0 radical (unpaired) electrons. The highest BCUT2D eigenvalue weighted by molar-refractivity contribution is 5.57. The first kappa shape index (κ1) is 32.8. The Balaban J connectivity index is 1.51. The minimum absolute atomic E-state index is 0.810. The normalized spacial score (nSPS) is 12.9. The molecule has 0 amide bonds. The number of hydrogen-bond acceptors (Lipinski definition) is 2. The van der Waals surface area contributed by atoms with Crippen molar-refractivity contribution in [2.24, 2.45) is 11.8 Å². The van der Waals surface area contributed by atoms with Crippen LogP contribution in [0.5, 0.6) is 0 Å². The van der Waals surface area contributed by atoms with E-state index in [-0.39, 0.29) is 0 Å². The van der Waals surface area contributed by atoms with E-state index < -0.39 is 0 Å². The van der Waals surface area contributed by atoms with Crippen LogP contribution in [0.15, 0.2) is 60.7 Å². The highest BCUT2D eigenvalue weighted by atomic mass is 15.0. The van der Waals surface area contributed by atoms with Crippen LogP contribution in [-0.4, -0.2) is 19.9 Å². The molecule has 0 bridgehead atoms. The van der Waals surface area contributed by atoms with Crippen LogP contribution in [0.3, 0.4) is 0 Å². The summed E-state index contributed by atoms with van der Waals surface area (Å²) in [7, 11) is 0. The van der Waals surface area contributed by atoms with Gasteiger partial charge in [-0.25, -0.2) is 9.97 Å². The van der Waals surface area contributed by atoms with E-state index in [4.69, 9.17) is 9.97 Å². The molecule has 2 heterocycles. The molecule has 4 nitrogen and oxygen atoms in total. The van der Waals surface area contributed by atoms with E-state index in [9.17, 15) is 0 Å². The van der Waals surface area contributed by atoms with E-state index in [0.29, 0.717) is 0 Å². The van der Waals surface area contributed by atoms with Gasteiger partial charge >= 0.3 is 0 Å². The monoisotopic (exact) mass is 580 g/mol. The number of benzene rings is 2. The number of aryl methyl sites for hydroxylation is 2. The number of aromatic amines is 2. The molecule has 2 atom stereocenters. The topological polar surface area (TPSA) is 57.4 Å². The molecule has 0 saturated carbocycles. The van der Waals surface area contributed by atoms with Crippen molar-refractivity contribution in [1.82, 2.24) is 19.9 Å². The van der Waals surface area contributed by atoms with Gasteiger partial charge in [-0.3, -0.25) is 0 Å². The van der Waals surface area contributed by atoms with Gasteiger partial charge in [0.25, 0.3) is 0 Å². The van der Waals surface area contributed by atoms with Crippen molar-refractivity contribution in [3.63, 3.8) is 0 Å². The van der Waals surface area contributed by atoms with E-state index in [1.165, 1.54) is 99.8 Å². The number of rotatable bonds is 20. The summed E-state index contributed by atoms with van der Waals surface area (Å²) in [6.45, 7) is 9.41. The number of nitrogens with one attached hydrogen (secondary N) is 2. The Morgan fingerprint density at radius 1 is 0.535 bits per heavy atom. The standard InChI is InChI=1S/C39H56N4/c1-5-7-19-30(3)21-15-17-27-34-36(42-38(40-34)32-23-11-9-12-24-32)29-37-35(28-18-16-22-31(4)20-8-6-2)41-39(43-37)33-25-13-10-14-26-33/h9-14,23-26,30-31H,5-8,15-22,27-29H2,1-4H3,(H,40,42)(H,41,43). The van der Waals surface area contributed by atoms with Gasteiger partial charge in [-0.2, -0.15) is 0 Å². The van der Waals surface area contributed by atoms with Gasteiger partial charge in [0.05, 0.1) is 11.4 Å². The summed E-state index contributed by atoms with van der Waals surface area (Å²) in [5.74, 6) is 3.59. The fraction of sp³-hybridized carbons (Fsp3) is 0.538. The van der Waals surface area contributed by atoms with Crippen molar-refractivity contribution in [3.05, 3.63) is 83.4 Å². The van der Waals surface area contributed by atoms with Crippen molar-refractivity contribution < 1.29 is 0 Å². The molecule has 0 fully saturated rings. The number of H-pyrrole nitrogens is 2. The zero-order chi connectivity index (χ0) is 30.3. The van der Waals surface area contributed by atoms with Gasteiger partial charge in [-0.15, -0.1) is 0 Å². The number of nitrogens with zero attached hydrogens (tertiary/aromatic N) is 2. The number of hydrogen-bond donors (Lipinski definition) is 2. The van der Waals surface area contributed by atoms with Crippen LogP contribution < -0.4 is 0 Å². The quantitative estimate of drug-likeness (QED) is 0.102. The van der Waals surface area contributed by atoms with Crippen molar-refractivity contribution in [3.8, 4) is 22.8 Å². The minimum Gasteiger partial charge on any atom is -0.341 e. The first-order valence-electron chi connectivity index (χ1n) is 17.3. The summed E-state index contributed by atoms with van der Waals surface area (Å²) in [6.07, 6.45) is 18.4. The number of aromatic nitrogens is 4. The average molecular weight is 581 g/mol. The van der Waals surface area contributed by atoms with E-state index >= 15 is 0 Å². The zero-order valence-electron chi connectivity index (χ0n) is 27.4. The van der Waals surface area contributed by atoms with Crippen molar-refractivity contribution in [2.45, 2.75) is 124 Å². The molecular weight excluding hydrogens is 524 g/mol. The molecule has 2 aromatic carbocycles. The van der Waals surface area contributed by atoms with E-state index in [2.05, 4.69) is 98.3 Å². The maximum Gasteiger partial charge on any atom is 0.137 e. The fourth-order valence-electron chi connectivity index (χ4n) is 6.20. The molecule has 2 aromatic heterocycles. The van der Waals surface area contributed by atoms with Crippen LogP contribution >= 0.6 is 0 Å². The Kier molecular flexibility index (Phi) is 13.6. The Morgan fingerprint density at radius 3 is 1.33 bits per heavy atom. The minimum atomic E-state index is 0.810. The number of unbranched alkanes of at least 4 members (excludes halogenated alkanes) is 4. The average Bonchev–Trinajstić information content (AvgIpc) is 3.64. The molecule has 0 saturated heterocycles. The molecule has 2 unspecified atom stereocenters. The third kappa shape index (κ3) is 10.5. The van der Waals surface area contributed by atoms with Gasteiger partial charge in [-0.05, 0) is 37.5 Å². The van der Waals surface area contributed by atoms with Crippen LogP contribution in [-0.2, 0) is 19.3 Å². The Labute approximate surface area is 261 Å². The Morgan fingerprint density at radius 2 is 0.930 bits per heavy atom. The largest absolute Gasteiger partial charge is 0.341 e. The molecule has 4 aromatic rings. The molecule has 2 N–H and O–H groups in total. The third-order valence-electron chi connectivity index (χ3n) is 9.00. The first-order valence-corrected chi connectivity index (χ1v) is 17.3. The first-order chi connectivity index (χ1) is 21.1. The third-order valence-corrected chi connectivity index (χ3v) is 9.00. The molecule has 4 heteroatoms. The maximum absolute atomic E-state index is 5.17. The molecule has 4 rings (SSSR count). The SMILES string of the molecule is CCCCC(C)CCCCc1nc(-c2ccccc2)[nH]c1Cc1[nH]c(-c2ccccc2)nc1CCCCC(C)CCCC. The lowest BCUT2D eigenvalue weighted by atomic mass is 9.96. The molecule has 0 aliphatic carbocycles. The molecular formula is C39H56N4. The summed E-state index contributed by atoms with van der Waals surface area (Å²) in [5, 5.41) is 0.